The first-order chi connectivity index (χ1) is 9.19. The third-order valence-corrected chi connectivity index (χ3v) is 7.22. The molecule has 4 heteroatoms. The van der Waals surface area contributed by atoms with Gasteiger partial charge in [0.1, 0.15) is 0 Å². The Labute approximate surface area is 122 Å². The summed E-state index contributed by atoms with van der Waals surface area (Å²) in [5.41, 5.74) is 1.82. The van der Waals surface area contributed by atoms with Crippen LogP contribution >= 0.6 is 0 Å². The van der Waals surface area contributed by atoms with Crippen molar-refractivity contribution < 1.29 is 12.6 Å². The van der Waals surface area contributed by atoms with E-state index in [4.69, 9.17) is 4.18 Å². The molecular formula is C16H26O3S. The predicted molar refractivity (Wildman–Crippen MR) is 79.7 cm³/mol. The zero-order valence-electron chi connectivity index (χ0n) is 13.0. The smallest absolute Gasteiger partial charge is 0.264 e. The molecule has 0 amide bonds. The van der Waals surface area contributed by atoms with Crippen LogP contribution in [0, 0.1) is 28.6 Å². The molecule has 2 saturated carbocycles. The summed E-state index contributed by atoms with van der Waals surface area (Å²) in [6.07, 6.45) is 8.48. The van der Waals surface area contributed by atoms with Gasteiger partial charge < -0.3 is 0 Å². The summed E-state index contributed by atoms with van der Waals surface area (Å²) < 4.78 is 28.1. The van der Waals surface area contributed by atoms with Gasteiger partial charge in [-0.2, -0.15) is 8.42 Å². The fourth-order valence-electron chi connectivity index (χ4n) is 5.56. The molecule has 2 fully saturated rings. The molecule has 0 aromatic carbocycles. The van der Waals surface area contributed by atoms with Crippen LogP contribution in [0.4, 0.5) is 0 Å². The van der Waals surface area contributed by atoms with Crippen LogP contribution < -0.4 is 0 Å². The van der Waals surface area contributed by atoms with Crippen molar-refractivity contribution in [2.75, 3.05) is 12.9 Å². The molecule has 0 heterocycles. The highest BCUT2D eigenvalue weighted by atomic mass is 32.2. The van der Waals surface area contributed by atoms with Crippen molar-refractivity contribution >= 4 is 10.1 Å². The van der Waals surface area contributed by atoms with Crippen LogP contribution in [0.15, 0.2) is 11.6 Å². The fraction of sp³-hybridized carbons (Fsp3) is 0.875. The van der Waals surface area contributed by atoms with Crippen LogP contribution in [0.5, 0.6) is 0 Å². The van der Waals surface area contributed by atoms with Gasteiger partial charge in [0.25, 0.3) is 10.1 Å². The SMILES string of the molecule is CC1=CC[C@@]23C[C@@H]1[C@@](C)(COS(C)(=O)=O)[C@@H]2CC[C@H]3C. The van der Waals surface area contributed by atoms with Gasteiger partial charge in [-0.1, -0.05) is 25.5 Å². The topological polar surface area (TPSA) is 43.4 Å². The van der Waals surface area contributed by atoms with Crippen molar-refractivity contribution in [1.82, 2.24) is 0 Å². The lowest BCUT2D eigenvalue weighted by atomic mass is 9.68. The minimum Gasteiger partial charge on any atom is -0.270 e. The van der Waals surface area contributed by atoms with Crippen LogP contribution in [0.1, 0.15) is 46.5 Å². The van der Waals surface area contributed by atoms with Gasteiger partial charge in [0.15, 0.2) is 0 Å². The Morgan fingerprint density at radius 3 is 2.75 bits per heavy atom. The van der Waals surface area contributed by atoms with E-state index in [0.717, 1.165) is 12.2 Å². The third-order valence-electron chi connectivity index (χ3n) is 6.68. The molecule has 0 aliphatic heterocycles. The number of allylic oxidation sites excluding steroid dienone is 2. The number of rotatable bonds is 3. The Balaban J connectivity index is 1.96. The Morgan fingerprint density at radius 2 is 2.10 bits per heavy atom. The van der Waals surface area contributed by atoms with E-state index in [-0.39, 0.29) is 5.41 Å². The van der Waals surface area contributed by atoms with Gasteiger partial charge in [-0.25, -0.2) is 0 Å². The van der Waals surface area contributed by atoms with Crippen LogP contribution in [-0.4, -0.2) is 21.3 Å². The zero-order chi connectivity index (χ0) is 14.8. The number of fused-ring (bicyclic) bond motifs is 1. The summed E-state index contributed by atoms with van der Waals surface area (Å²) in [4.78, 5) is 0. The van der Waals surface area contributed by atoms with Crippen molar-refractivity contribution in [2.24, 2.45) is 28.6 Å². The molecule has 20 heavy (non-hydrogen) atoms. The van der Waals surface area contributed by atoms with Gasteiger partial charge in [0.05, 0.1) is 12.9 Å². The summed E-state index contributed by atoms with van der Waals surface area (Å²) >= 11 is 0. The Bertz CT molecular complexity index is 550. The highest BCUT2D eigenvalue weighted by Gasteiger charge is 2.65. The molecule has 0 N–H and O–H groups in total. The van der Waals surface area contributed by atoms with E-state index >= 15 is 0 Å². The van der Waals surface area contributed by atoms with Gasteiger partial charge in [-0.15, -0.1) is 0 Å². The van der Waals surface area contributed by atoms with E-state index < -0.39 is 10.1 Å². The lowest BCUT2D eigenvalue weighted by molar-refractivity contribution is 0.0655. The van der Waals surface area contributed by atoms with Crippen molar-refractivity contribution in [2.45, 2.75) is 46.5 Å². The normalized spacial score (nSPS) is 47.2. The fourth-order valence-corrected chi connectivity index (χ4v) is 6.03. The summed E-state index contributed by atoms with van der Waals surface area (Å²) in [5, 5.41) is 0. The molecule has 3 aliphatic carbocycles. The van der Waals surface area contributed by atoms with Crippen LogP contribution in [-0.2, 0) is 14.3 Å². The average Bonchev–Trinajstić information content (AvgIpc) is 2.77. The van der Waals surface area contributed by atoms with Gasteiger partial charge in [-0.05, 0) is 55.8 Å². The number of hydrogen-bond donors (Lipinski definition) is 0. The van der Waals surface area contributed by atoms with Crippen molar-refractivity contribution in [3.8, 4) is 0 Å². The van der Waals surface area contributed by atoms with E-state index in [1.807, 2.05) is 0 Å². The second-order valence-corrected chi connectivity index (χ2v) is 9.29. The van der Waals surface area contributed by atoms with Gasteiger partial charge >= 0.3 is 0 Å². The standard InChI is InChI=1S/C16H26O3S/c1-11-7-8-16-9-13(11)15(3,10-19-20(4,17)18)14(16)6-5-12(16)2/h7,12-14H,5-6,8-10H2,1-4H3/t12-,13+,14+,15-,16+/m1/s1. The molecule has 1 spiro atoms. The molecule has 3 rings (SSSR count). The molecule has 0 aromatic rings. The van der Waals surface area contributed by atoms with Crippen LogP contribution in [0.2, 0.25) is 0 Å². The average molecular weight is 298 g/mol. The van der Waals surface area contributed by atoms with Crippen LogP contribution in [0.25, 0.3) is 0 Å². The lowest BCUT2D eigenvalue weighted by Crippen LogP contribution is -2.36. The molecule has 0 unspecified atom stereocenters. The summed E-state index contributed by atoms with van der Waals surface area (Å²) in [5.74, 6) is 1.84. The molecule has 114 valence electrons. The van der Waals surface area contributed by atoms with E-state index in [1.165, 1.54) is 31.3 Å². The van der Waals surface area contributed by atoms with E-state index in [9.17, 15) is 8.42 Å². The zero-order valence-corrected chi connectivity index (χ0v) is 13.8. The minimum atomic E-state index is -3.36. The first-order valence-electron chi connectivity index (χ1n) is 7.70. The van der Waals surface area contributed by atoms with Crippen molar-refractivity contribution in [1.29, 1.82) is 0 Å². The van der Waals surface area contributed by atoms with Gasteiger partial charge in [0.2, 0.25) is 0 Å². The summed E-state index contributed by atoms with van der Waals surface area (Å²) in [7, 11) is -3.36. The molecule has 3 aliphatic rings. The maximum Gasteiger partial charge on any atom is 0.264 e. The van der Waals surface area contributed by atoms with E-state index in [0.29, 0.717) is 23.9 Å². The maximum absolute atomic E-state index is 11.4. The van der Waals surface area contributed by atoms with E-state index in [1.54, 1.807) is 0 Å². The molecule has 0 aromatic heterocycles. The molecule has 3 nitrogen and oxygen atoms in total. The molecular weight excluding hydrogens is 272 g/mol. The lowest BCUT2D eigenvalue weighted by Gasteiger charge is -2.38. The first kappa shape index (κ1) is 14.6. The molecule has 5 atom stereocenters. The van der Waals surface area contributed by atoms with Crippen LogP contribution in [0.3, 0.4) is 0 Å². The molecule has 0 saturated heterocycles. The van der Waals surface area contributed by atoms with Crippen molar-refractivity contribution in [3.05, 3.63) is 11.6 Å². The molecule has 2 bridgehead atoms. The predicted octanol–water partition coefficient (Wildman–Crippen LogP) is 3.37. The van der Waals surface area contributed by atoms with E-state index in [2.05, 4.69) is 26.8 Å². The Hall–Kier alpha value is -0.350. The molecule has 0 radical (unpaired) electrons. The van der Waals surface area contributed by atoms with Gasteiger partial charge in [0, 0.05) is 5.41 Å². The summed E-state index contributed by atoms with van der Waals surface area (Å²) in [6.45, 7) is 7.20. The van der Waals surface area contributed by atoms with Gasteiger partial charge in [-0.3, -0.25) is 4.18 Å². The summed E-state index contributed by atoms with van der Waals surface area (Å²) in [6, 6.07) is 0. The largest absolute Gasteiger partial charge is 0.270 e. The first-order valence-corrected chi connectivity index (χ1v) is 9.52. The Kier molecular flexibility index (Phi) is 3.15. The number of hydrogen-bond acceptors (Lipinski definition) is 3. The minimum absolute atomic E-state index is 0.0229. The second-order valence-electron chi connectivity index (χ2n) is 7.65. The monoisotopic (exact) mass is 298 g/mol. The van der Waals surface area contributed by atoms with Crippen molar-refractivity contribution in [3.63, 3.8) is 0 Å². The second kappa shape index (κ2) is 4.33. The third kappa shape index (κ3) is 1.91. The Morgan fingerprint density at radius 1 is 1.40 bits per heavy atom. The quantitative estimate of drug-likeness (QED) is 0.592. The highest BCUT2D eigenvalue weighted by molar-refractivity contribution is 7.85. The maximum atomic E-state index is 11.4. The highest BCUT2D eigenvalue weighted by Crippen LogP contribution is 2.71.